The zero-order valence-corrected chi connectivity index (χ0v) is 10.3. The highest BCUT2D eigenvalue weighted by Gasteiger charge is 2.29. The van der Waals surface area contributed by atoms with Gasteiger partial charge in [0.1, 0.15) is 0 Å². The first kappa shape index (κ1) is 13.0. The van der Waals surface area contributed by atoms with Crippen molar-refractivity contribution >= 4 is 5.97 Å². The van der Waals surface area contributed by atoms with Gasteiger partial charge < -0.3 is 15.2 Å². The van der Waals surface area contributed by atoms with E-state index in [9.17, 15) is 4.79 Å². The Kier molecular flexibility index (Phi) is 4.72. The molecule has 6 heteroatoms. The maximum atomic E-state index is 10.7. The van der Waals surface area contributed by atoms with Crippen molar-refractivity contribution in [3.05, 3.63) is 18.5 Å². The van der Waals surface area contributed by atoms with Crippen LogP contribution in [0.3, 0.4) is 0 Å². The Bertz CT molecular complexity index is 367. The molecule has 2 atom stereocenters. The van der Waals surface area contributed by atoms with Crippen LogP contribution in [-0.4, -0.2) is 46.2 Å². The summed E-state index contributed by atoms with van der Waals surface area (Å²) in [5.74, 6) is -0.851. The Hall–Kier alpha value is -1.40. The van der Waals surface area contributed by atoms with Gasteiger partial charge in [0, 0.05) is 25.5 Å². The minimum absolute atomic E-state index is 0.0378. The number of hydrogen-bond donors (Lipinski definition) is 2. The Morgan fingerprint density at radius 2 is 2.44 bits per heavy atom. The van der Waals surface area contributed by atoms with Crippen LogP contribution in [0, 0.1) is 0 Å². The highest BCUT2D eigenvalue weighted by Crippen LogP contribution is 2.19. The number of aliphatic carboxylic acids is 1. The van der Waals surface area contributed by atoms with E-state index in [-0.39, 0.29) is 6.10 Å². The second-order valence-electron chi connectivity index (χ2n) is 4.49. The van der Waals surface area contributed by atoms with Gasteiger partial charge in [-0.25, -0.2) is 4.79 Å². The van der Waals surface area contributed by atoms with Crippen LogP contribution < -0.4 is 5.32 Å². The van der Waals surface area contributed by atoms with E-state index in [1.165, 1.54) is 0 Å². The number of ether oxygens (including phenoxy) is 1. The van der Waals surface area contributed by atoms with Crippen molar-refractivity contribution in [1.82, 2.24) is 15.1 Å². The molecule has 0 aromatic carbocycles. The Morgan fingerprint density at radius 3 is 3.11 bits per heavy atom. The van der Waals surface area contributed by atoms with Crippen molar-refractivity contribution in [2.45, 2.75) is 38.0 Å². The molecule has 6 nitrogen and oxygen atoms in total. The number of carboxylic acids is 1. The van der Waals surface area contributed by atoms with Gasteiger partial charge in [0.15, 0.2) is 6.10 Å². The number of nitrogens with zero attached hydrogens (tertiary/aromatic N) is 2. The molecular formula is C12H19N3O3. The highest BCUT2D eigenvalue weighted by molar-refractivity contribution is 5.72. The van der Waals surface area contributed by atoms with Crippen LogP contribution in [0.2, 0.25) is 0 Å². The van der Waals surface area contributed by atoms with Gasteiger partial charge in [-0.1, -0.05) is 0 Å². The van der Waals surface area contributed by atoms with Gasteiger partial charge in [0.05, 0.1) is 6.10 Å². The minimum atomic E-state index is -0.851. The lowest BCUT2D eigenvalue weighted by atomic mass is 10.2. The molecular weight excluding hydrogens is 234 g/mol. The topological polar surface area (TPSA) is 76.4 Å². The van der Waals surface area contributed by atoms with E-state index in [0.717, 1.165) is 32.5 Å². The summed E-state index contributed by atoms with van der Waals surface area (Å²) in [4.78, 5) is 10.7. The Balaban J connectivity index is 1.52. The lowest BCUT2D eigenvalue weighted by Gasteiger charge is -2.12. The van der Waals surface area contributed by atoms with Crippen LogP contribution in [0.15, 0.2) is 18.5 Å². The predicted molar refractivity (Wildman–Crippen MR) is 65.2 cm³/mol. The molecule has 0 amide bonds. The van der Waals surface area contributed by atoms with E-state index in [2.05, 4.69) is 10.4 Å². The summed E-state index contributed by atoms with van der Waals surface area (Å²) in [6.45, 7) is 2.50. The molecule has 18 heavy (non-hydrogen) atoms. The standard InChI is InChI=1S/C12H19N3O3/c16-12(17)11-4-3-10(18-11)9-13-5-1-7-15-8-2-6-14-15/h2,6,8,10-11,13H,1,3-5,7,9H2,(H,16,17). The van der Waals surface area contributed by atoms with Gasteiger partial charge >= 0.3 is 5.97 Å². The van der Waals surface area contributed by atoms with Crippen LogP contribution >= 0.6 is 0 Å². The van der Waals surface area contributed by atoms with E-state index in [0.29, 0.717) is 6.42 Å². The second-order valence-corrected chi connectivity index (χ2v) is 4.49. The van der Waals surface area contributed by atoms with Crippen LogP contribution in [0.5, 0.6) is 0 Å². The van der Waals surface area contributed by atoms with Crippen molar-refractivity contribution in [2.24, 2.45) is 0 Å². The molecule has 2 unspecified atom stereocenters. The van der Waals surface area contributed by atoms with Gasteiger partial charge in [-0.15, -0.1) is 0 Å². The minimum Gasteiger partial charge on any atom is -0.479 e. The van der Waals surface area contributed by atoms with Crippen molar-refractivity contribution < 1.29 is 14.6 Å². The molecule has 2 heterocycles. The van der Waals surface area contributed by atoms with Crippen molar-refractivity contribution in [1.29, 1.82) is 0 Å². The summed E-state index contributed by atoms with van der Waals surface area (Å²) in [5, 5.41) is 16.2. The van der Waals surface area contributed by atoms with Gasteiger partial charge in [0.2, 0.25) is 0 Å². The molecule has 1 aliphatic rings. The number of carbonyl (C=O) groups is 1. The molecule has 2 N–H and O–H groups in total. The number of carboxylic acid groups (broad SMARTS) is 1. The van der Waals surface area contributed by atoms with Crippen molar-refractivity contribution in [2.75, 3.05) is 13.1 Å². The number of rotatable bonds is 7. The average Bonchev–Trinajstić information content (AvgIpc) is 2.98. The Morgan fingerprint density at radius 1 is 1.56 bits per heavy atom. The summed E-state index contributed by atoms with van der Waals surface area (Å²) in [7, 11) is 0. The normalized spacial score (nSPS) is 23.3. The number of nitrogens with one attached hydrogen (secondary N) is 1. The Labute approximate surface area is 106 Å². The third kappa shape index (κ3) is 3.82. The largest absolute Gasteiger partial charge is 0.479 e. The zero-order valence-electron chi connectivity index (χ0n) is 10.3. The van der Waals surface area contributed by atoms with Crippen LogP contribution in [-0.2, 0) is 16.1 Å². The molecule has 0 saturated carbocycles. The molecule has 2 rings (SSSR count). The van der Waals surface area contributed by atoms with Crippen molar-refractivity contribution in [3.8, 4) is 0 Å². The van der Waals surface area contributed by atoms with E-state index < -0.39 is 12.1 Å². The molecule has 0 radical (unpaired) electrons. The van der Waals surface area contributed by atoms with Crippen LogP contribution in [0.1, 0.15) is 19.3 Å². The third-order valence-corrected chi connectivity index (χ3v) is 3.05. The lowest BCUT2D eigenvalue weighted by molar-refractivity contribution is -0.149. The second kappa shape index (κ2) is 6.51. The molecule has 1 aromatic heterocycles. The maximum absolute atomic E-state index is 10.7. The molecule has 1 aromatic rings. The smallest absolute Gasteiger partial charge is 0.332 e. The van der Waals surface area contributed by atoms with Gasteiger partial charge in [-0.05, 0) is 31.9 Å². The van der Waals surface area contributed by atoms with E-state index >= 15 is 0 Å². The van der Waals surface area contributed by atoms with Gasteiger partial charge in [-0.3, -0.25) is 4.68 Å². The average molecular weight is 253 g/mol. The fourth-order valence-corrected chi connectivity index (χ4v) is 2.10. The first-order valence-electron chi connectivity index (χ1n) is 6.32. The number of aromatic nitrogens is 2. The predicted octanol–water partition coefficient (Wildman–Crippen LogP) is 0.495. The molecule has 0 spiro atoms. The van der Waals surface area contributed by atoms with Crippen LogP contribution in [0.25, 0.3) is 0 Å². The van der Waals surface area contributed by atoms with Crippen LogP contribution in [0.4, 0.5) is 0 Å². The van der Waals surface area contributed by atoms with E-state index in [4.69, 9.17) is 9.84 Å². The monoisotopic (exact) mass is 253 g/mol. The first-order chi connectivity index (χ1) is 8.75. The fraction of sp³-hybridized carbons (Fsp3) is 0.667. The summed E-state index contributed by atoms with van der Waals surface area (Å²) >= 11 is 0. The quantitative estimate of drug-likeness (QED) is 0.692. The zero-order chi connectivity index (χ0) is 12.8. The summed E-state index contributed by atoms with van der Waals surface area (Å²) in [6, 6.07) is 1.91. The number of aryl methyl sites for hydroxylation is 1. The van der Waals surface area contributed by atoms with Crippen molar-refractivity contribution in [3.63, 3.8) is 0 Å². The summed E-state index contributed by atoms with van der Waals surface area (Å²) < 4.78 is 7.29. The van der Waals surface area contributed by atoms with Gasteiger partial charge in [0.25, 0.3) is 0 Å². The fourth-order valence-electron chi connectivity index (χ4n) is 2.10. The molecule has 1 saturated heterocycles. The molecule has 1 aliphatic heterocycles. The molecule has 0 aliphatic carbocycles. The number of hydrogen-bond acceptors (Lipinski definition) is 4. The lowest BCUT2D eigenvalue weighted by Crippen LogP contribution is -2.29. The highest BCUT2D eigenvalue weighted by atomic mass is 16.5. The third-order valence-electron chi connectivity index (χ3n) is 3.05. The van der Waals surface area contributed by atoms with E-state index in [1.54, 1.807) is 6.20 Å². The van der Waals surface area contributed by atoms with Gasteiger partial charge in [-0.2, -0.15) is 5.10 Å². The molecule has 0 bridgehead atoms. The molecule has 100 valence electrons. The SMILES string of the molecule is O=C(O)C1CCC(CNCCCn2cccn2)O1. The first-order valence-corrected chi connectivity index (χ1v) is 6.32. The summed E-state index contributed by atoms with van der Waals surface area (Å²) in [6.07, 6.45) is 5.58. The maximum Gasteiger partial charge on any atom is 0.332 e. The summed E-state index contributed by atoms with van der Waals surface area (Å²) in [5.41, 5.74) is 0. The molecule has 1 fully saturated rings. The van der Waals surface area contributed by atoms with E-state index in [1.807, 2.05) is 16.9 Å².